The summed E-state index contributed by atoms with van der Waals surface area (Å²) in [5.41, 5.74) is 5.03. The van der Waals surface area contributed by atoms with Crippen molar-refractivity contribution in [3.05, 3.63) is 0 Å². The molecule has 0 aromatic heterocycles. The van der Waals surface area contributed by atoms with Crippen LogP contribution in [-0.2, 0) is 14.1 Å². The number of amides is 2. The van der Waals surface area contributed by atoms with Crippen LogP contribution in [0.1, 0.15) is 6.92 Å². The molecular weight excluding hydrogens is 271 g/mol. The van der Waals surface area contributed by atoms with Crippen molar-refractivity contribution < 1.29 is 28.7 Å². The first-order valence-corrected chi connectivity index (χ1v) is 7.36. The molecule has 0 saturated carbocycles. The van der Waals surface area contributed by atoms with Crippen LogP contribution >= 0.6 is 19.5 Å². The number of primary amides is 1. The van der Waals surface area contributed by atoms with Crippen molar-refractivity contribution in [1.82, 2.24) is 5.09 Å². The molecule has 17 heavy (non-hydrogen) atoms. The first-order valence-electron chi connectivity index (χ1n) is 4.60. The summed E-state index contributed by atoms with van der Waals surface area (Å²) in [6.45, 7) is 1.67. The van der Waals surface area contributed by atoms with Gasteiger partial charge in [0.05, 0.1) is 0 Å². The molecule has 0 saturated heterocycles. The van der Waals surface area contributed by atoms with E-state index in [1.165, 1.54) is 16.8 Å². The van der Waals surface area contributed by atoms with Crippen molar-refractivity contribution in [2.24, 2.45) is 11.7 Å². The van der Waals surface area contributed by atoms with E-state index in [4.69, 9.17) is 15.5 Å². The minimum absolute atomic E-state index is 0.0119. The highest BCUT2D eigenvalue weighted by atomic mass is 32.2. The highest BCUT2D eigenvalue weighted by molar-refractivity contribution is 7.99. The topological polar surface area (TPSA) is 139 Å². The summed E-state index contributed by atoms with van der Waals surface area (Å²) in [6, 6.07) is 0. The lowest BCUT2D eigenvalue weighted by molar-refractivity contribution is -0.120. The quantitative estimate of drug-likeness (QED) is 0.371. The molecule has 0 aliphatic rings. The van der Waals surface area contributed by atoms with Crippen molar-refractivity contribution in [2.45, 2.75) is 6.92 Å². The number of hydrogen-bond donors (Lipinski definition) is 4. The molecule has 2 amide bonds. The fraction of sp³-hybridized carbons (Fsp3) is 0.714. The van der Waals surface area contributed by atoms with Crippen LogP contribution in [0.3, 0.4) is 0 Å². The van der Waals surface area contributed by atoms with Gasteiger partial charge in [-0.3, -0.25) is 4.79 Å². The molecule has 0 aromatic carbocycles. The van der Waals surface area contributed by atoms with E-state index in [2.05, 4.69) is 4.74 Å². The van der Waals surface area contributed by atoms with E-state index >= 15 is 0 Å². The summed E-state index contributed by atoms with van der Waals surface area (Å²) >= 11 is 1.35. The van der Waals surface area contributed by atoms with Gasteiger partial charge in [0.25, 0.3) is 0 Å². The summed E-state index contributed by atoms with van der Waals surface area (Å²) in [7, 11) is -4.60. The lowest BCUT2D eigenvalue weighted by atomic mass is 10.2. The number of rotatable bonds is 7. The van der Waals surface area contributed by atoms with Gasteiger partial charge in [0, 0.05) is 17.4 Å². The molecule has 0 bridgehead atoms. The van der Waals surface area contributed by atoms with Crippen molar-refractivity contribution in [1.29, 1.82) is 0 Å². The first-order chi connectivity index (χ1) is 7.72. The molecule has 0 aliphatic heterocycles. The van der Waals surface area contributed by atoms with Crippen LogP contribution in [-0.4, -0.2) is 39.9 Å². The van der Waals surface area contributed by atoms with Gasteiger partial charge >= 0.3 is 13.8 Å². The normalized spacial score (nSPS) is 12.9. The van der Waals surface area contributed by atoms with Crippen molar-refractivity contribution >= 4 is 31.5 Å². The molecular formula is C7H15N2O6PS. The van der Waals surface area contributed by atoms with Crippen LogP contribution in [0.5, 0.6) is 0 Å². The molecule has 0 fully saturated rings. The van der Waals surface area contributed by atoms with Crippen molar-refractivity contribution in [2.75, 3.05) is 18.1 Å². The Labute approximate surface area is 102 Å². The number of carbonyl (C=O) groups is 2. The third kappa shape index (κ3) is 10.1. The van der Waals surface area contributed by atoms with Gasteiger partial charge in [-0.05, 0) is 0 Å². The lowest BCUT2D eigenvalue weighted by Gasteiger charge is -2.08. The maximum atomic E-state index is 10.8. The minimum atomic E-state index is -4.60. The van der Waals surface area contributed by atoms with Gasteiger partial charge in [0.15, 0.2) is 0 Å². The van der Waals surface area contributed by atoms with Crippen LogP contribution < -0.4 is 10.8 Å². The summed E-state index contributed by atoms with van der Waals surface area (Å²) < 4.78 is 14.8. The van der Waals surface area contributed by atoms with E-state index < -0.39 is 19.7 Å². The Hall–Kier alpha value is -0.760. The molecule has 0 rings (SSSR count). The number of ether oxygens (including phenoxy) is 1. The molecule has 8 nitrogen and oxygen atoms in total. The van der Waals surface area contributed by atoms with Crippen molar-refractivity contribution in [3.8, 4) is 0 Å². The Balaban J connectivity index is 3.56. The molecule has 100 valence electrons. The third-order valence-corrected chi connectivity index (χ3v) is 3.22. The highest BCUT2D eigenvalue weighted by Crippen LogP contribution is 2.27. The van der Waals surface area contributed by atoms with E-state index in [1.54, 1.807) is 6.92 Å². The van der Waals surface area contributed by atoms with Gasteiger partial charge < -0.3 is 20.3 Å². The number of nitrogens with two attached hydrogens (primary N) is 1. The maximum Gasteiger partial charge on any atom is 0.432 e. The lowest BCUT2D eigenvalue weighted by Crippen LogP contribution is -2.23. The van der Waals surface area contributed by atoms with Crippen molar-refractivity contribution in [3.63, 3.8) is 0 Å². The van der Waals surface area contributed by atoms with Gasteiger partial charge in [0.1, 0.15) is 6.61 Å². The molecule has 1 unspecified atom stereocenters. The Bertz CT molecular complexity index is 319. The number of nitrogens with one attached hydrogen (secondary N) is 1. The van der Waals surface area contributed by atoms with E-state index in [-0.39, 0.29) is 12.5 Å². The Kier molecular flexibility index (Phi) is 7.21. The summed E-state index contributed by atoms with van der Waals surface area (Å²) in [5.74, 6) is 0.229. The SMILES string of the molecule is CC(CSCCOC(=O)NP(=O)(O)O)C(N)=O. The van der Waals surface area contributed by atoms with Gasteiger partial charge in [-0.15, -0.1) is 0 Å². The number of carbonyl (C=O) groups excluding carboxylic acids is 2. The molecule has 0 radical (unpaired) electrons. The van der Waals surface area contributed by atoms with E-state index in [1.807, 2.05) is 0 Å². The predicted octanol–water partition coefficient (Wildman–Crippen LogP) is -0.340. The maximum absolute atomic E-state index is 10.8. The zero-order valence-electron chi connectivity index (χ0n) is 9.16. The summed E-state index contributed by atoms with van der Waals surface area (Å²) in [4.78, 5) is 38.1. The first kappa shape index (κ1) is 16.2. The average Bonchev–Trinajstić information content (AvgIpc) is 2.13. The summed E-state index contributed by atoms with van der Waals surface area (Å²) in [6.07, 6.45) is -1.18. The zero-order valence-corrected chi connectivity index (χ0v) is 10.9. The molecule has 1 atom stereocenters. The van der Waals surface area contributed by atoms with Crippen LogP contribution in [0, 0.1) is 5.92 Å². The number of hydrogen-bond acceptors (Lipinski definition) is 5. The standard InChI is InChI=1S/C7H15N2O6PS/c1-5(6(8)10)4-17-3-2-15-7(11)9-16(12,13)14/h5H,2-4H2,1H3,(H2,8,10)(H3,9,11,12,13,14). The fourth-order valence-electron chi connectivity index (χ4n) is 0.687. The second-order valence-corrected chi connectivity index (χ2v) is 5.63. The van der Waals surface area contributed by atoms with Gasteiger partial charge in [-0.25, -0.2) is 14.4 Å². The minimum Gasteiger partial charge on any atom is -0.448 e. The monoisotopic (exact) mass is 286 g/mol. The second-order valence-electron chi connectivity index (χ2n) is 3.17. The second kappa shape index (κ2) is 7.54. The molecule has 0 aliphatic carbocycles. The van der Waals surface area contributed by atoms with Crippen LogP contribution in [0.25, 0.3) is 0 Å². The Morgan fingerprint density at radius 1 is 1.53 bits per heavy atom. The van der Waals surface area contributed by atoms with Gasteiger partial charge in [-0.1, -0.05) is 6.92 Å². The fourth-order valence-corrected chi connectivity index (χ4v) is 1.87. The van der Waals surface area contributed by atoms with Gasteiger partial charge in [-0.2, -0.15) is 11.8 Å². The third-order valence-electron chi connectivity index (χ3n) is 1.55. The average molecular weight is 286 g/mol. The van der Waals surface area contributed by atoms with E-state index in [9.17, 15) is 14.2 Å². The van der Waals surface area contributed by atoms with Crippen LogP contribution in [0.15, 0.2) is 0 Å². The predicted molar refractivity (Wildman–Crippen MR) is 62.2 cm³/mol. The van der Waals surface area contributed by atoms with E-state index in [0.717, 1.165) is 0 Å². The highest BCUT2D eigenvalue weighted by Gasteiger charge is 2.17. The number of thioether (sulfide) groups is 1. The van der Waals surface area contributed by atoms with Crippen LogP contribution in [0.2, 0.25) is 0 Å². The zero-order chi connectivity index (χ0) is 13.5. The summed E-state index contributed by atoms with van der Waals surface area (Å²) in [5, 5.41) is 1.36. The molecule has 0 spiro atoms. The van der Waals surface area contributed by atoms with E-state index in [0.29, 0.717) is 11.5 Å². The molecule has 0 aromatic rings. The smallest absolute Gasteiger partial charge is 0.432 e. The molecule has 5 N–H and O–H groups in total. The molecule has 0 heterocycles. The molecule has 10 heteroatoms. The Morgan fingerprint density at radius 2 is 2.12 bits per heavy atom. The van der Waals surface area contributed by atoms with Gasteiger partial charge in [0.2, 0.25) is 5.91 Å². The largest absolute Gasteiger partial charge is 0.448 e. The Morgan fingerprint density at radius 3 is 2.59 bits per heavy atom. The van der Waals surface area contributed by atoms with Crippen LogP contribution in [0.4, 0.5) is 4.79 Å².